The summed E-state index contributed by atoms with van der Waals surface area (Å²) in [7, 11) is -3.78. The summed E-state index contributed by atoms with van der Waals surface area (Å²) in [6, 6.07) is 26.8. The Balaban J connectivity index is 1.44. The number of rotatable bonds is 9. The van der Waals surface area contributed by atoms with Gasteiger partial charge in [-0.05, 0) is 85.1 Å². The van der Waals surface area contributed by atoms with Gasteiger partial charge in [-0.25, -0.2) is 8.42 Å². The van der Waals surface area contributed by atoms with Gasteiger partial charge in [-0.1, -0.05) is 52.3 Å². The summed E-state index contributed by atoms with van der Waals surface area (Å²) in [6.07, 6.45) is 0.712. The largest absolute Gasteiger partial charge is 0.492 e. The Kier molecular flexibility index (Phi) is 8.31. The molecule has 2 N–H and O–H groups in total. The standard InChI is InChI=1S/C29H27BrN2O4S/c1-20-16-21(2)18-25(17-20)32-37(34,35)26-11-9-24(10-12-26)31-29(33)27-19-23(30)8-13-28(27)36-15-14-22-6-4-3-5-7-22/h3-13,16-19,32H,14-15H2,1-2H3,(H,31,33). The van der Waals surface area contributed by atoms with Gasteiger partial charge in [-0.3, -0.25) is 9.52 Å². The third kappa shape index (κ3) is 7.21. The minimum Gasteiger partial charge on any atom is -0.492 e. The smallest absolute Gasteiger partial charge is 0.261 e. The molecule has 37 heavy (non-hydrogen) atoms. The molecule has 6 nitrogen and oxygen atoms in total. The molecule has 0 saturated heterocycles. The van der Waals surface area contributed by atoms with E-state index in [1.165, 1.54) is 12.1 Å². The molecule has 4 aromatic rings. The van der Waals surface area contributed by atoms with Crippen molar-refractivity contribution in [3.8, 4) is 5.75 Å². The molecule has 8 heteroatoms. The van der Waals surface area contributed by atoms with E-state index >= 15 is 0 Å². The SMILES string of the molecule is Cc1cc(C)cc(NS(=O)(=O)c2ccc(NC(=O)c3cc(Br)ccc3OCCc3ccccc3)cc2)c1. The van der Waals surface area contributed by atoms with Gasteiger partial charge in [0.05, 0.1) is 17.1 Å². The van der Waals surface area contributed by atoms with Crippen molar-refractivity contribution >= 4 is 43.2 Å². The minimum absolute atomic E-state index is 0.0945. The van der Waals surface area contributed by atoms with E-state index in [1.54, 1.807) is 36.4 Å². The highest BCUT2D eigenvalue weighted by atomic mass is 79.9. The van der Waals surface area contributed by atoms with Gasteiger partial charge in [0.1, 0.15) is 5.75 Å². The number of carbonyl (C=O) groups is 1. The topological polar surface area (TPSA) is 84.5 Å². The summed E-state index contributed by atoms with van der Waals surface area (Å²) < 4.78 is 35.0. The zero-order valence-electron chi connectivity index (χ0n) is 20.5. The molecule has 4 aromatic carbocycles. The summed E-state index contributed by atoms with van der Waals surface area (Å²) in [5.41, 5.74) is 4.41. The van der Waals surface area contributed by atoms with Crippen LogP contribution in [0.4, 0.5) is 11.4 Å². The fraction of sp³-hybridized carbons (Fsp3) is 0.138. The van der Waals surface area contributed by atoms with Crippen LogP contribution in [-0.4, -0.2) is 20.9 Å². The minimum atomic E-state index is -3.78. The average molecular weight is 580 g/mol. The molecule has 0 radical (unpaired) electrons. The van der Waals surface area contributed by atoms with Gasteiger partial charge in [0, 0.05) is 22.3 Å². The van der Waals surface area contributed by atoms with E-state index in [-0.39, 0.29) is 10.8 Å². The lowest BCUT2D eigenvalue weighted by Gasteiger charge is -2.13. The number of benzene rings is 4. The monoisotopic (exact) mass is 578 g/mol. The maximum atomic E-state index is 13.1. The number of ether oxygens (including phenoxy) is 1. The highest BCUT2D eigenvalue weighted by molar-refractivity contribution is 9.10. The average Bonchev–Trinajstić information content (AvgIpc) is 2.85. The van der Waals surface area contributed by atoms with Gasteiger partial charge in [-0.15, -0.1) is 0 Å². The molecular formula is C29H27BrN2O4S. The number of hydrogen-bond donors (Lipinski definition) is 2. The van der Waals surface area contributed by atoms with Gasteiger partial charge in [0.2, 0.25) is 0 Å². The van der Waals surface area contributed by atoms with Crippen LogP contribution in [0, 0.1) is 13.8 Å². The highest BCUT2D eigenvalue weighted by Crippen LogP contribution is 2.26. The van der Waals surface area contributed by atoms with Crippen molar-refractivity contribution in [2.45, 2.75) is 25.2 Å². The van der Waals surface area contributed by atoms with Crippen LogP contribution in [0.15, 0.2) is 100 Å². The van der Waals surface area contributed by atoms with Crippen LogP contribution < -0.4 is 14.8 Å². The Labute approximate surface area is 225 Å². The summed E-state index contributed by atoms with van der Waals surface area (Å²) in [4.78, 5) is 13.2. The van der Waals surface area contributed by atoms with Crippen LogP contribution in [0.2, 0.25) is 0 Å². The molecule has 4 rings (SSSR count). The molecule has 0 unspecified atom stereocenters. The molecule has 0 aromatic heterocycles. The highest BCUT2D eigenvalue weighted by Gasteiger charge is 2.17. The number of sulfonamides is 1. The van der Waals surface area contributed by atoms with Gasteiger partial charge in [-0.2, -0.15) is 0 Å². The van der Waals surface area contributed by atoms with Crippen molar-refractivity contribution in [2.24, 2.45) is 0 Å². The molecule has 0 fully saturated rings. The number of nitrogens with one attached hydrogen (secondary N) is 2. The second-order valence-corrected chi connectivity index (χ2v) is 11.3. The van der Waals surface area contributed by atoms with Crippen LogP contribution in [-0.2, 0) is 16.4 Å². The van der Waals surface area contributed by atoms with Crippen molar-refractivity contribution in [3.05, 3.63) is 118 Å². The molecular weight excluding hydrogens is 552 g/mol. The summed E-state index contributed by atoms with van der Waals surface area (Å²) in [6.45, 7) is 4.24. The zero-order valence-corrected chi connectivity index (χ0v) is 22.9. The lowest BCUT2D eigenvalue weighted by molar-refractivity contribution is 0.102. The molecule has 190 valence electrons. The number of carbonyl (C=O) groups excluding carboxylic acids is 1. The normalized spacial score (nSPS) is 11.1. The predicted molar refractivity (Wildman–Crippen MR) is 151 cm³/mol. The third-order valence-electron chi connectivity index (χ3n) is 5.57. The van der Waals surface area contributed by atoms with Crippen LogP contribution in [0.1, 0.15) is 27.0 Å². The molecule has 1 amide bonds. The van der Waals surface area contributed by atoms with E-state index in [4.69, 9.17) is 4.74 Å². The van der Waals surface area contributed by atoms with Gasteiger partial charge >= 0.3 is 0 Å². The van der Waals surface area contributed by atoms with E-state index in [2.05, 4.69) is 26.0 Å². The lowest BCUT2D eigenvalue weighted by Crippen LogP contribution is -2.15. The van der Waals surface area contributed by atoms with Crippen molar-refractivity contribution in [1.82, 2.24) is 0 Å². The maximum absolute atomic E-state index is 13.1. The van der Waals surface area contributed by atoms with Crippen molar-refractivity contribution in [3.63, 3.8) is 0 Å². The second-order valence-electron chi connectivity index (χ2n) is 8.68. The predicted octanol–water partition coefficient (Wildman–Crippen LogP) is 6.74. The Morgan fingerprint density at radius 3 is 2.19 bits per heavy atom. The van der Waals surface area contributed by atoms with Crippen molar-refractivity contribution < 1.29 is 17.9 Å². The molecule has 0 aliphatic carbocycles. The van der Waals surface area contributed by atoms with Crippen molar-refractivity contribution in [2.75, 3.05) is 16.6 Å². The van der Waals surface area contributed by atoms with Crippen LogP contribution in [0.25, 0.3) is 0 Å². The molecule has 0 heterocycles. The van der Waals surface area contributed by atoms with Gasteiger partial charge < -0.3 is 10.1 Å². The quantitative estimate of drug-likeness (QED) is 0.230. The molecule has 0 saturated carbocycles. The number of halogens is 1. The number of hydrogen-bond acceptors (Lipinski definition) is 4. The number of aryl methyl sites for hydroxylation is 2. The first-order valence-electron chi connectivity index (χ1n) is 11.7. The van der Waals surface area contributed by atoms with E-state index in [0.29, 0.717) is 35.7 Å². The first-order chi connectivity index (χ1) is 17.7. The fourth-order valence-electron chi connectivity index (χ4n) is 3.89. The fourth-order valence-corrected chi connectivity index (χ4v) is 5.29. The molecule has 0 atom stereocenters. The zero-order chi connectivity index (χ0) is 26.4. The Hall–Kier alpha value is -3.62. The van der Waals surface area contributed by atoms with E-state index < -0.39 is 10.0 Å². The van der Waals surface area contributed by atoms with Gasteiger partial charge in [0.25, 0.3) is 15.9 Å². The van der Waals surface area contributed by atoms with E-state index in [1.807, 2.05) is 56.3 Å². The molecule has 0 aliphatic heterocycles. The number of amides is 1. The second kappa shape index (κ2) is 11.6. The van der Waals surface area contributed by atoms with E-state index in [0.717, 1.165) is 21.2 Å². The van der Waals surface area contributed by atoms with Crippen LogP contribution >= 0.6 is 15.9 Å². The first kappa shape index (κ1) is 26.4. The summed E-state index contributed by atoms with van der Waals surface area (Å²) in [5, 5.41) is 2.82. The molecule has 0 bridgehead atoms. The lowest BCUT2D eigenvalue weighted by atomic mass is 10.1. The van der Waals surface area contributed by atoms with E-state index in [9.17, 15) is 13.2 Å². The first-order valence-corrected chi connectivity index (χ1v) is 14.0. The summed E-state index contributed by atoms with van der Waals surface area (Å²) in [5.74, 6) is 0.105. The van der Waals surface area contributed by atoms with Crippen LogP contribution in [0.5, 0.6) is 5.75 Å². The Morgan fingerprint density at radius 1 is 0.838 bits per heavy atom. The maximum Gasteiger partial charge on any atom is 0.261 e. The number of anilines is 2. The Bertz CT molecular complexity index is 1480. The molecule has 0 aliphatic rings. The van der Waals surface area contributed by atoms with Crippen molar-refractivity contribution in [1.29, 1.82) is 0 Å². The third-order valence-corrected chi connectivity index (χ3v) is 7.46. The van der Waals surface area contributed by atoms with Crippen LogP contribution in [0.3, 0.4) is 0 Å². The summed E-state index contributed by atoms with van der Waals surface area (Å²) >= 11 is 3.41. The van der Waals surface area contributed by atoms with Gasteiger partial charge in [0.15, 0.2) is 0 Å². The molecule has 0 spiro atoms. The Morgan fingerprint density at radius 2 is 1.51 bits per heavy atom.